The Morgan fingerprint density at radius 1 is 0.650 bits per heavy atom. The van der Waals surface area contributed by atoms with Crippen molar-refractivity contribution in [1.82, 2.24) is 0 Å². The fraction of sp³-hybridized carbons (Fsp3) is 0.368. The van der Waals surface area contributed by atoms with Crippen LogP contribution >= 0.6 is 0 Å². The topological polar surface area (TPSA) is 20.2 Å². The largest absolute Gasteiger partial charge is 0.508 e. The molecule has 0 atom stereocenters. The molecule has 0 aliphatic carbocycles. The van der Waals surface area contributed by atoms with Gasteiger partial charge >= 0.3 is 0 Å². The van der Waals surface area contributed by atoms with Crippen molar-refractivity contribution in [3.05, 3.63) is 65.7 Å². The predicted molar refractivity (Wildman–Crippen MR) is 91.4 cm³/mol. The van der Waals surface area contributed by atoms with Crippen molar-refractivity contribution in [2.75, 3.05) is 0 Å². The number of hydrogen-bond donors (Lipinski definition) is 1. The van der Waals surface area contributed by atoms with Crippen molar-refractivity contribution in [1.29, 1.82) is 0 Å². The second-order valence-corrected chi connectivity index (χ2v) is 3.29. The van der Waals surface area contributed by atoms with Gasteiger partial charge in [0, 0.05) is 6.42 Å². The highest BCUT2D eigenvalue weighted by molar-refractivity contribution is 5.36. The average Bonchev–Trinajstić information content (AvgIpc) is 2.56. The zero-order valence-corrected chi connectivity index (χ0v) is 13.9. The summed E-state index contributed by atoms with van der Waals surface area (Å²) in [4.78, 5) is 0. The van der Waals surface area contributed by atoms with Crippen molar-refractivity contribution in [3.63, 3.8) is 0 Å². The SMILES string of the molecule is CC.CC.CC.Oc1ccccc1Cc1ccccc1. The number of phenols is 1. The van der Waals surface area contributed by atoms with Crippen molar-refractivity contribution < 1.29 is 5.11 Å². The average molecular weight is 274 g/mol. The Bertz CT molecular complexity index is 407. The second-order valence-electron chi connectivity index (χ2n) is 3.29. The Morgan fingerprint density at radius 3 is 1.60 bits per heavy atom. The summed E-state index contributed by atoms with van der Waals surface area (Å²) in [6.45, 7) is 12.0. The van der Waals surface area contributed by atoms with Crippen LogP contribution in [0.15, 0.2) is 54.6 Å². The first-order chi connectivity index (χ1) is 9.86. The van der Waals surface area contributed by atoms with Gasteiger partial charge in [0.25, 0.3) is 0 Å². The van der Waals surface area contributed by atoms with E-state index in [1.54, 1.807) is 6.07 Å². The fourth-order valence-electron chi connectivity index (χ4n) is 1.48. The highest BCUT2D eigenvalue weighted by atomic mass is 16.3. The van der Waals surface area contributed by atoms with E-state index in [0.717, 1.165) is 12.0 Å². The Hall–Kier alpha value is -1.76. The minimum absolute atomic E-state index is 0.372. The highest BCUT2D eigenvalue weighted by Gasteiger charge is 1.99. The van der Waals surface area contributed by atoms with Gasteiger partial charge in [-0.25, -0.2) is 0 Å². The normalized spacial score (nSPS) is 7.90. The molecule has 0 unspecified atom stereocenters. The summed E-state index contributed by atoms with van der Waals surface area (Å²) in [6, 6.07) is 17.6. The number of hydrogen-bond acceptors (Lipinski definition) is 1. The van der Waals surface area contributed by atoms with Gasteiger partial charge in [-0.3, -0.25) is 0 Å². The summed E-state index contributed by atoms with van der Waals surface area (Å²) in [6.07, 6.45) is 0.785. The third kappa shape index (κ3) is 8.36. The van der Waals surface area contributed by atoms with E-state index in [1.807, 2.05) is 77.9 Å². The summed E-state index contributed by atoms with van der Waals surface area (Å²) in [5.41, 5.74) is 2.19. The molecule has 0 saturated carbocycles. The van der Waals surface area contributed by atoms with Gasteiger partial charge in [0.1, 0.15) is 5.75 Å². The van der Waals surface area contributed by atoms with Crippen LogP contribution in [0.2, 0.25) is 0 Å². The van der Waals surface area contributed by atoms with E-state index in [9.17, 15) is 5.11 Å². The van der Waals surface area contributed by atoms with Gasteiger partial charge in [-0.2, -0.15) is 0 Å². The molecule has 2 aromatic carbocycles. The molecule has 1 heteroatoms. The maximum atomic E-state index is 9.57. The standard InChI is InChI=1S/C13H12O.3C2H6/c14-13-9-5-4-8-12(13)10-11-6-2-1-3-7-11;3*1-2/h1-9,14H,10H2;3*1-2H3. The zero-order chi connectivity index (χ0) is 15.8. The van der Waals surface area contributed by atoms with Gasteiger partial charge in [-0.1, -0.05) is 90.1 Å². The van der Waals surface area contributed by atoms with Crippen LogP contribution in [0.1, 0.15) is 52.7 Å². The number of phenolic OH excluding ortho intramolecular Hbond substituents is 1. The van der Waals surface area contributed by atoms with Crippen LogP contribution in [-0.4, -0.2) is 5.11 Å². The predicted octanol–water partition coefficient (Wildman–Crippen LogP) is 6.06. The zero-order valence-electron chi connectivity index (χ0n) is 13.9. The molecule has 0 fully saturated rings. The van der Waals surface area contributed by atoms with Gasteiger partial charge in [-0.15, -0.1) is 0 Å². The molecular formula is C19H30O. The summed E-state index contributed by atoms with van der Waals surface area (Å²) >= 11 is 0. The lowest BCUT2D eigenvalue weighted by molar-refractivity contribution is 0.469. The maximum absolute atomic E-state index is 9.57. The van der Waals surface area contributed by atoms with Crippen molar-refractivity contribution in [2.45, 2.75) is 48.0 Å². The van der Waals surface area contributed by atoms with Crippen LogP contribution in [0.3, 0.4) is 0 Å². The summed E-state index contributed by atoms with van der Waals surface area (Å²) < 4.78 is 0. The third-order valence-electron chi connectivity index (χ3n) is 2.23. The summed E-state index contributed by atoms with van der Waals surface area (Å²) in [7, 11) is 0. The summed E-state index contributed by atoms with van der Waals surface area (Å²) in [5.74, 6) is 0.372. The lowest BCUT2D eigenvalue weighted by Crippen LogP contribution is -1.87. The number of rotatable bonds is 2. The van der Waals surface area contributed by atoms with E-state index in [0.29, 0.717) is 5.75 Å². The van der Waals surface area contributed by atoms with Gasteiger partial charge in [0.15, 0.2) is 0 Å². The fourth-order valence-corrected chi connectivity index (χ4v) is 1.48. The maximum Gasteiger partial charge on any atom is 0.119 e. The molecular weight excluding hydrogens is 244 g/mol. The van der Waals surface area contributed by atoms with Gasteiger partial charge in [0.05, 0.1) is 0 Å². The lowest BCUT2D eigenvalue weighted by atomic mass is 10.0. The van der Waals surface area contributed by atoms with Gasteiger partial charge in [0.2, 0.25) is 0 Å². The molecule has 0 bridgehead atoms. The molecule has 1 nitrogen and oxygen atoms in total. The Balaban J connectivity index is 0. The second kappa shape index (κ2) is 15.3. The molecule has 0 aromatic heterocycles. The van der Waals surface area contributed by atoms with Crippen molar-refractivity contribution in [2.24, 2.45) is 0 Å². The van der Waals surface area contributed by atoms with Crippen molar-refractivity contribution >= 4 is 0 Å². The molecule has 0 spiro atoms. The van der Waals surface area contributed by atoms with Crippen LogP contribution in [-0.2, 0) is 6.42 Å². The smallest absolute Gasteiger partial charge is 0.119 e. The van der Waals surface area contributed by atoms with Gasteiger partial charge < -0.3 is 5.11 Å². The Labute approximate surface area is 125 Å². The molecule has 2 aromatic rings. The molecule has 1 N–H and O–H groups in total. The summed E-state index contributed by atoms with van der Waals surface area (Å²) in [5, 5.41) is 9.57. The van der Waals surface area contributed by atoms with Gasteiger partial charge in [-0.05, 0) is 17.2 Å². The number of benzene rings is 2. The van der Waals surface area contributed by atoms with E-state index < -0.39 is 0 Å². The first-order valence-electron chi connectivity index (χ1n) is 7.67. The van der Waals surface area contributed by atoms with Crippen LogP contribution in [0, 0.1) is 0 Å². The lowest BCUT2D eigenvalue weighted by Gasteiger charge is -2.03. The van der Waals surface area contributed by atoms with Crippen LogP contribution in [0.4, 0.5) is 0 Å². The van der Waals surface area contributed by atoms with E-state index in [4.69, 9.17) is 0 Å². The molecule has 2 rings (SSSR count). The van der Waals surface area contributed by atoms with E-state index in [1.165, 1.54) is 5.56 Å². The quantitative estimate of drug-likeness (QED) is 0.705. The molecule has 20 heavy (non-hydrogen) atoms. The minimum atomic E-state index is 0.372. The molecule has 0 radical (unpaired) electrons. The van der Waals surface area contributed by atoms with Crippen molar-refractivity contribution in [3.8, 4) is 5.75 Å². The Morgan fingerprint density at radius 2 is 1.10 bits per heavy atom. The van der Waals surface area contributed by atoms with Crippen LogP contribution in [0.25, 0.3) is 0 Å². The molecule has 0 aliphatic heterocycles. The first kappa shape index (κ1) is 20.6. The molecule has 0 saturated heterocycles. The van der Waals surface area contributed by atoms with E-state index in [2.05, 4.69) is 12.1 Å². The van der Waals surface area contributed by atoms with E-state index >= 15 is 0 Å². The Kier molecular flexibility index (Phi) is 15.7. The van der Waals surface area contributed by atoms with Crippen LogP contribution in [0.5, 0.6) is 5.75 Å². The monoisotopic (exact) mass is 274 g/mol. The number of aromatic hydroxyl groups is 1. The van der Waals surface area contributed by atoms with Crippen LogP contribution < -0.4 is 0 Å². The molecule has 112 valence electrons. The molecule has 0 heterocycles. The molecule has 0 aliphatic rings. The third-order valence-corrected chi connectivity index (χ3v) is 2.23. The minimum Gasteiger partial charge on any atom is -0.508 e. The van der Waals surface area contributed by atoms with E-state index in [-0.39, 0.29) is 0 Å². The number of para-hydroxylation sites is 1. The highest BCUT2D eigenvalue weighted by Crippen LogP contribution is 2.19. The first-order valence-corrected chi connectivity index (χ1v) is 7.67. The molecule has 0 amide bonds.